The number of furan rings is 1. The lowest BCUT2D eigenvalue weighted by atomic mass is 9.91. The molecule has 0 bridgehead atoms. The number of aromatic amines is 1. The predicted octanol–water partition coefficient (Wildman–Crippen LogP) is 3.31. The van der Waals surface area contributed by atoms with E-state index >= 15 is 0 Å². The highest BCUT2D eigenvalue weighted by Crippen LogP contribution is 2.24. The van der Waals surface area contributed by atoms with Crippen molar-refractivity contribution in [1.82, 2.24) is 25.8 Å². The van der Waals surface area contributed by atoms with Crippen molar-refractivity contribution in [2.75, 3.05) is 26.2 Å². The highest BCUT2D eigenvalue weighted by atomic mass is 32.1. The van der Waals surface area contributed by atoms with Gasteiger partial charge >= 0.3 is 0 Å². The van der Waals surface area contributed by atoms with Crippen molar-refractivity contribution in [2.45, 2.75) is 25.4 Å². The van der Waals surface area contributed by atoms with Gasteiger partial charge in [-0.1, -0.05) is 36.4 Å². The summed E-state index contributed by atoms with van der Waals surface area (Å²) in [6, 6.07) is 18.1. The Morgan fingerprint density at radius 2 is 2.03 bits per heavy atom. The Balaban J connectivity index is 1.33. The quantitative estimate of drug-likeness (QED) is 0.278. The molecule has 0 spiro atoms. The van der Waals surface area contributed by atoms with E-state index in [-0.39, 0.29) is 5.91 Å². The van der Waals surface area contributed by atoms with E-state index in [1.165, 1.54) is 0 Å². The summed E-state index contributed by atoms with van der Waals surface area (Å²) in [5.41, 5.74) is 2.16. The van der Waals surface area contributed by atoms with Gasteiger partial charge in [0.25, 0.3) is 0 Å². The standard InChI is InChI=1S/C26H29N5O2S/c1-26(15-19-16-29-22-8-4-3-7-21(19)22,24(32)27-10-12-31-13-11-28-25(31)34)30-17-20-14-18-6-2-5-9-23(18)33-20/h2-9,14,16,29-30H,10-13,15,17H2,1H3,(H,27,32)(H,28,34). The molecule has 1 fully saturated rings. The molecule has 176 valence electrons. The van der Waals surface area contributed by atoms with E-state index in [1.807, 2.05) is 61.7 Å². The number of thiocarbonyl (C=S) groups is 1. The predicted molar refractivity (Wildman–Crippen MR) is 139 cm³/mol. The molecule has 1 saturated heterocycles. The molecule has 2 aromatic heterocycles. The van der Waals surface area contributed by atoms with Crippen LogP contribution in [0.2, 0.25) is 0 Å². The fourth-order valence-electron chi connectivity index (χ4n) is 4.51. The third-order valence-corrected chi connectivity index (χ3v) is 6.86. The summed E-state index contributed by atoms with van der Waals surface area (Å²) in [7, 11) is 0. The average molecular weight is 476 g/mol. The number of rotatable bonds is 9. The number of nitrogens with zero attached hydrogens (tertiary/aromatic N) is 1. The van der Waals surface area contributed by atoms with Crippen LogP contribution in [-0.4, -0.2) is 52.6 Å². The van der Waals surface area contributed by atoms with Gasteiger partial charge in [0.1, 0.15) is 11.3 Å². The third-order valence-electron chi connectivity index (χ3n) is 6.46. The molecule has 4 aromatic rings. The molecular weight excluding hydrogens is 446 g/mol. The number of amides is 1. The molecule has 0 aliphatic carbocycles. The number of carbonyl (C=O) groups excluding carboxylic acids is 1. The minimum absolute atomic E-state index is 0.0491. The zero-order valence-electron chi connectivity index (χ0n) is 19.2. The second-order valence-corrected chi connectivity index (χ2v) is 9.33. The molecule has 1 aliphatic rings. The molecular formula is C26H29N5O2S. The minimum atomic E-state index is -0.840. The van der Waals surface area contributed by atoms with Crippen molar-refractivity contribution in [3.05, 3.63) is 72.1 Å². The Labute approximate surface area is 203 Å². The second-order valence-electron chi connectivity index (χ2n) is 8.95. The molecule has 1 unspecified atom stereocenters. The molecule has 8 heteroatoms. The third kappa shape index (κ3) is 4.64. The van der Waals surface area contributed by atoms with Crippen LogP contribution in [0.4, 0.5) is 0 Å². The van der Waals surface area contributed by atoms with E-state index in [0.717, 1.165) is 51.4 Å². The topological polar surface area (TPSA) is 85.3 Å². The molecule has 34 heavy (non-hydrogen) atoms. The number of nitrogens with one attached hydrogen (secondary N) is 4. The zero-order valence-corrected chi connectivity index (χ0v) is 20.0. The summed E-state index contributed by atoms with van der Waals surface area (Å²) in [6.07, 6.45) is 2.53. The maximum Gasteiger partial charge on any atom is 0.240 e. The van der Waals surface area contributed by atoms with Gasteiger partial charge in [-0.2, -0.15) is 0 Å². The highest BCUT2D eigenvalue weighted by molar-refractivity contribution is 7.80. The number of aromatic nitrogens is 1. The van der Waals surface area contributed by atoms with E-state index in [4.69, 9.17) is 16.6 Å². The number of para-hydroxylation sites is 2. The number of benzene rings is 2. The molecule has 0 saturated carbocycles. The fourth-order valence-corrected chi connectivity index (χ4v) is 4.80. The summed E-state index contributed by atoms with van der Waals surface area (Å²) in [5.74, 6) is 0.750. The number of hydrogen-bond donors (Lipinski definition) is 4. The maximum absolute atomic E-state index is 13.5. The first-order valence-corrected chi connectivity index (χ1v) is 12.0. The Bertz CT molecular complexity index is 1300. The molecule has 5 rings (SSSR count). The summed E-state index contributed by atoms with van der Waals surface area (Å²) < 4.78 is 5.98. The van der Waals surface area contributed by atoms with Crippen LogP contribution in [-0.2, 0) is 17.8 Å². The van der Waals surface area contributed by atoms with Gasteiger partial charge < -0.3 is 24.9 Å². The first-order valence-electron chi connectivity index (χ1n) is 11.6. The van der Waals surface area contributed by atoms with Crippen molar-refractivity contribution in [2.24, 2.45) is 0 Å². The molecule has 4 N–H and O–H groups in total. The number of H-pyrrole nitrogens is 1. The van der Waals surface area contributed by atoms with E-state index in [2.05, 4.69) is 31.9 Å². The SMILES string of the molecule is CC(Cc1c[nH]c2ccccc12)(NCc1cc2ccccc2o1)C(=O)NCCN1CCNC1=S. The average Bonchev–Trinajstić information content (AvgIpc) is 3.56. The van der Waals surface area contributed by atoms with Gasteiger partial charge in [-0.25, -0.2) is 0 Å². The molecule has 7 nitrogen and oxygen atoms in total. The summed E-state index contributed by atoms with van der Waals surface area (Å²) in [5, 5.41) is 12.7. The summed E-state index contributed by atoms with van der Waals surface area (Å²) in [4.78, 5) is 18.9. The van der Waals surface area contributed by atoms with Crippen LogP contribution < -0.4 is 16.0 Å². The Kier molecular flexibility index (Phi) is 6.26. The smallest absolute Gasteiger partial charge is 0.240 e. The van der Waals surface area contributed by atoms with E-state index in [9.17, 15) is 4.79 Å². The lowest BCUT2D eigenvalue weighted by molar-refractivity contribution is -0.127. The monoisotopic (exact) mass is 475 g/mol. The highest BCUT2D eigenvalue weighted by Gasteiger charge is 2.34. The second kappa shape index (κ2) is 9.48. The van der Waals surface area contributed by atoms with Gasteiger partial charge in [-0.05, 0) is 42.9 Å². The minimum Gasteiger partial charge on any atom is -0.460 e. The largest absolute Gasteiger partial charge is 0.460 e. The van der Waals surface area contributed by atoms with Crippen LogP contribution in [0.25, 0.3) is 21.9 Å². The molecule has 2 aromatic carbocycles. The molecule has 3 heterocycles. The Hall–Kier alpha value is -3.36. The maximum atomic E-state index is 13.5. The number of fused-ring (bicyclic) bond motifs is 2. The molecule has 1 atom stereocenters. The van der Waals surface area contributed by atoms with E-state index in [1.54, 1.807) is 0 Å². The first-order chi connectivity index (χ1) is 16.5. The lowest BCUT2D eigenvalue weighted by Crippen LogP contribution is -2.56. The van der Waals surface area contributed by atoms with Crippen LogP contribution in [0.1, 0.15) is 18.2 Å². The van der Waals surface area contributed by atoms with Crippen LogP contribution in [0.15, 0.2) is 65.2 Å². The Morgan fingerprint density at radius 1 is 1.21 bits per heavy atom. The van der Waals surface area contributed by atoms with Gasteiger partial charge in [0.2, 0.25) is 5.91 Å². The van der Waals surface area contributed by atoms with Crippen molar-refractivity contribution < 1.29 is 9.21 Å². The van der Waals surface area contributed by atoms with Crippen molar-refractivity contribution in [3.8, 4) is 0 Å². The van der Waals surface area contributed by atoms with E-state index < -0.39 is 5.54 Å². The van der Waals surface area contributed by atoms with Gasteiger partial charge in [0, 0.05) is 55.1 Å². The van der Waals surface area contributed by atoms with Crippen molar-refractivity contribution >= 4 is 45.1 Å². The summed E-state index contributed by atoms with van der Waals surface area (Å²) in [6.45, 7) is 5.33. The van der Waals surface area contributed by atoms with Gasteiger partial charge in [-0.15, -0.1) is 0 Å². The van der Waals surface area contributed by atoms with Gasteiger partial charge in [0.05, 0.1) is 12.1 Å². The zero-order chi connectivity index (χ0) is 23.5. The Morgan fingerprint density at radius 3 is 2.85 bits per heavy atom. The van der Waals surface area contributed by atoms with Crippen molar-refractivity contribution in [1.29, 1.82) is 0 Å². The van der Waals surface area contributed by atoms with Crippen LogP contribution in [0.5, 0.6) is 0 Å². The normalized spacial score (nSPS) is 15.6. The van der Waals surface area contributed by atoms with Crippen molar-refractivity contribution in [3.63, 3.8) is 0 Å². The molecule has 1 aliphatic heterocycles. The fraction of sp³-hybridized carbons (Fsp3) is 0.308. The van der Waals surface area contributed by atoms with Crippen LogP contribution in [0, 0.1) is 0 Å². The molecule has 1 amide bonds. The number of carbonyl (C=O) groups is 1. The van der Waals surface area contributed by atoms with Gasteiger partial charge in [0.15, 0.2) is 5.11 Å². The first kappa shape index (κ1) is 22.4. The lowest BCUT2D eigenvalue weighted by Gasteiger charge is -2.30. The molecule has 0 radical (unpaired) electrons. The summed E-state index contributed by atoms with van der Waals surface area (Å²) >= 11 is 5.31. The number of hydrogen-bond acceptors (Lipinski definition) is 4. The van der Waals surface area contributed by atoms with E-state index in [0.29, 0.717) is 26.1 Å². The van der Waals surface area contributed by atoms with Crippen LogP contribution >= 0.6 is 12.2 Å². The van der Waals surface area contributed by atoms with Gasteiger partial charge in [-0.3, -0.25) is 10.1 Å². The van der Waals surface area contributed by atoms with Crippen LogP contribution in [0.3, 0.4) is 0 Å².